The smallest absolute Gasteiger partial charge is 0.255 e. The van der Waals surface area contributed by atoms with E-state index in [1.54, 1.807) is 36.5 Å². The van der Waals surface area contributed by atoms with Crippen LogP contribution in [0.4, 0.5) is 21.6 Å². The van der Waals surface area contributed by atoms with E-state index < -0.39 is 0 Å². The fraction of sp³-hybridized carbons (Fsp3) is 0.0526. The van der Waals surface area contributed by atoms with Crippen LogP contribution in [0.25, 0.3) is 0 Å². The zero-order valence-corrected chi connectivity index (χ0v) is 13.1. The second kappa shape index (κ2) is 6.91. The molecule has 0 spiro atoms. The molecule has 24 heavy (non-hydrogen) atoms. The minimum atomic E-state index is -0.289. The van der Waals surface area contributed by atoms with E-state index in [4.69, 9.17) is 0 Å². The zero-order chi connectivity index (χ0) is 16.9. The van der Waals surface area contributed by atoms with Crippen LogP contribution in [-0.2, 0) is 0 Å². The normalized spacial score (nSPS) is 10.2. The Labute approximate surface area is 139 Å². The van der Waals surface area contributed by atoms with E-state index in [1.165, 1.54) is 12.1 Å². The lowest BCUT2D eigenvalue weighted by Crippen LogP contribution is -2.12. The molecule has 1 heterocycles. The predicted molar refractivity (Wildman–Crippen MR) is 93.1 cm³/mol. The average molecular weight is 321 g/mol. The molecular formula is C19H16FN3O. The number of aryl methyl sites for hydroxylation is 1. The van der Waals surface area contributed by atoms with E-state index in [0.717, 1.165) is 11.3 Å². The monoisotopic (exact) mass is 321 g/mol. The third-order valence-corrected chi connectivity index (χ3v) is 3.42. The van der Waals surface area contributed by atoms with Gasteiger partial charge in [0.2, 0.25) is 0 Å². The van der Waals surface area contributed by atoms with Gasteiger partial charge in [0.1, 0.15) is 11.6 Å². The van der Waals surface area contributed by atoms with E-state index >= 15 is 0 Å². The molecular weight excluding hydrogens is 305 g/mol. The first kappa shape index (κ1) is 15.7. The van der Waals surface area contributed by atoms with Gasteiger partial charge in [-0.3, -0.25) is 4.79 Å². The maximum absolute atomic E-state index is 12.9. The highest BCUT2D eigenvalue weighted by Crippen LogP contribution is 2.17. The minimum absolute atomic E-state index is 0.181. The number of anilines is 3. The lowest BCUT2D eigenvalue weighted by Gasteiger charge is -2.08. The summed E-state index contributed by atoms with van der Waals surface area (Å²) >= 11 is 0. The molecule has 0 saturated heterocycles. The zero-order valence-electron chi connectivity index (χ0n) is 13.1. The number of pyridine rings is 1. The molecule has 0 radical (unpaired) electrons. The van der Waals surface area contributed by atoms with E-state index in [-0.39, 0.29) is 11.7 Å². The first-order valence-electron chi connectivity index (χ1n) is 7.47. The van der Waals surface area contributed by atoms with E-state index in [1.807, 2.05) is 25.1 Å². The summed E-state index contributed by atoms with van der Waals surface area (Å²) in [6.07, 6.45) is 1.57. The maximum atomic E-state index is 12.9. The van der Waals surface area contributed by atoms with E-state index in [9.17, 15) is 9.18 Å². The van der Waals surface area contributed by atoms with Crippen LogP contribution >= 0.6 is 0 Å². The second-order valence-corrected chi connectivity index (χ2v) is 5.39. The van der Waals surface area contributed by atoms with Crippen LogP contribution in [0.15, 0.2) is 66.9 Å². The van der Waals surface area contributed by atoms with Crippen LogP contribution in [0.2, 0.25) is 0 Å². The van der Waals surface area contributed by atoms with Crippen molar-refractivity contribution in [3.63, 3.8) is 0 Å². The van der Waals surface area contributed by atoms with E-state index in [2.05, 4.69) is 15.6 Å². The first-order chi connectivity index (χ1) is 11.6. The minimum Gasteiger partial charge on any atom is -0.340 e. The molecule has 0 bridgehead atoms. The Morgan fingerprint density at radius 1 is 1.00 bits per heavy atom. The molecule has 2 aromatic carbocycles. The van der Waals surface area contributed by atoms with Crippen molar-refractivity contribution in [3.8, 4) is 0 Å². The van der Waals surface area contributed by atoms with Gasteiger partial charge in [-0.1, -0.05) is 17.7 Å². The Kier molecular flexibility index (Phi) is 4.52. The van der Waals surface area contributed by atoms with Gasteiger partial charge in [-0.25, -0.2) is 9.37 Å². The summed E-state index contributed by atoms with van der Waals surface area (Å²) in [6, 6.07) is 16.9. The lowest BCUT2D eigenvalue weighted by molar-refractivity contribution is 0.102. The van der Waals surface area contributed by atoms with Crippen LogP contribution < -0.4 is 10.6 Å². The Bertz CT molecular complexity index is 845. The Morgan fingerprint density at radius 3 is 2.42 bits per heavy atom. The van der Waals surface area contributed by atoms with Crippen LogP contribution in [0, 0.1) is 12.7 Å². The number of nitrogens with zero attached hydrogens (tertiary/aromatic N) is 1. The first-order valence-corrected chi connectivity index (χ1v) is 7.47. The number of carbonyl (C=O) groups excluding carboxylic acids is 1. The molecule has 2 N–H and O–H groups in total. The van der Waals surface area contributed by atoms with Crippen molar-refractivity contribution in [1.29, 1.82) is 0 Å². The van der Waals surface area contributed by atoms with Gasteiger partial charge in [0.25, 0.3) is 5.91 Å². The number of amides is 1. The summed E-state index contributed by atoms with van der Waals surface area (Å²) in [5, 5.41) is 5.87. The highest BCUT2D eigenvalue weighted by molar-refractivity contribution is 6.04. The number of carbonyl (C=O) groups is 1. The maximum Gasteiger partial charge on any atom is 0.255 e. The predicted octanol–water partition coefficient (Wildman–Crippen LogP) is 4.53. The molecule has 120 valence electrons. The number of hydrogen-bond acceptors (Lipinski definition) is 3. The van der Waals surface area contributed by atoms with Crippen molar-refractivity contribution in [3.05, 3.63) is 83.8 Å². The molecule has 0 aliphatic carbocycles. The third-order valence-electron chi connectivity index (χ3n) is 3.42. The molecule has 1 aromatic heterocycles. The Balaban J connectivity index is 1.66. The van der Waals surface area contributed by atoms with E-state index in [0.29, 0.717) is 17.1 Å². The van der Waals surface area contributed by atoms with Gasteiger partial charge < -0.3 is 10.6 Å². The number of nitrogens with one attached hydrogen (secondary N) is 2. The average Bonchev–Trinajstić information content (AvgIpc) is 2.59. The van der Waals surface area contributed by atoms with Gasteiger partial charge in [0.15, 0.2) is 0 Å². The van der Waals surface area contributed by atoms with Crippen molar-refractivity contribution in [2.24, 2.45) is 0 Å². The highest BCUT2D eigenvalue weighted by Gasteiger charge is 2.06. The van der Waals surface area contributed by atoms with Crippen molar-refractivity contribution in [1.82, 2.24) is 4.98 Å². The van der Waals surface area contributed by atoms with Gasteiger partial charge >= 0.3 is 0 Å². The van der Waals surface area contributed by atoms with Crippen molar-refractivity contribution < 1.29 is 9.18 Å². The van der Waals surface area contributed by atoms with Crippen LogP contribution in [0.5, 0.6) is 0 Å². The molecule has 0 unspecified atom stereocenters. The molecule has 3 aromatic rings. The largest absolute Gasteiger partial charge is 0.340 e. The summed E-state index contributed by atoms with van der Waals surface area (Å²) in [5.74, 6) is 0.137. The number of benzene rings is 2. The second-order valence-electron chi connectivity index (χ2n) is 5.39. The summed E-state index contributed by atoms with van der Waals surface area (Å²) < 4.78 is 12.9. The fourth-order valence-electron chi connectivity index (χ4n) is 2.21. The van der Waals surface area contributed by atoms with Gasteiger partial charge in [-0.05, 0) is 55.5 Å². The highest BCUT2D eigenvalue weighted by atomic mass is 19.1. The molecule has 0 aliphatic rings. The van der Waals surface area contributed by atoms with Crippen molar-refractivity contribution >= 4 is 23.1 Å². The molecule has 0 aliphatic heterocycles. The SMILES string of the molecule is Cc1cccc(C(=O)Nc2ccc(Nc3ccc(F)cc3)nc2)c1. The topological polar surface area (TPSA) is 54.0 Å². The Hall–Kier alpha value is -3.21. The summed E-state index contributed by atoms with van der Waals surface area (Å²) in [7, 11) is 0. The van der Waals surface area contributed by atoms with Crippen molar-refractivity contribution in [2.45, 2.75) is 6.92 Å². The Morgan fingerprint density at radius 2 is 1.75 bits per heavy atom. The molecule has 5 heteroatoms. The number of rotatable bonds is 4. The number of halogens is 1. The summed E-state index contributed by atoms with van der Waals surface area (Å²) in [6.45, 7) is 1.94. The number of hydrogen-bond donors (Lipinski definition) is 2. The summed E-state index contributed by atoms with van der Waals surface area (Å²) in [4.78, 5) is 16.4. The molecule has 3 rings (SSSR count). The van der Waals surface area contributed by atoms with Crippen molar-refractivity contribution in [2.75, 3.05) is 10.6 Å². The lowest BCUT2D eigenvalue weighted by atomic mass is 10.1. The molecule has 4 nitrogen and oxygen atoms in total. The number of aromatic nitrogens is 1. The molecule has 0 fully saturated rings. The molecule has 0 atom stereocenters. The standard InChI is InChI=1S/C19H16FN3O/c1-13-3-2-4-14(11-13)19(24)23-17-9-10-18(21-12-17)22-16-7-5-15(20)6-8-16/h2-12H,1H3,(H,21,22)(H,23,24). The summed E-state index contributed by atoms with van der Waals surface area (Å²) in [5.41, 5.74) is 2.97. The van der Waals surface area contributed by atoms with Gasteiger partial charge in [0, 0.05) is 11.3 Å². The van der Waals surface area contributed by atoms with Gasteiger partial charge in [-0.15, -0.1) is 0 Å². The fourth-order valence-corrected chi connectivity index (χ4v) is 2.21. The third kappa shape index (κ3) is 3.95. The molecule has 0 saturated carbocycles. The molecule has 1 amide bonds. The van der Waals surface area contributed by atoms with Crippen LogP contribution in [0.3, 0.4) is 0 Å². The van der Waals surface area contributed by atoms with Gasteiger partial charge in [-0.2, -0.15) is 0 Å². The van der Waals surface area contributed by atoms with Gasteiger partial charge in [0.05, 0.1) is 11.9 Å². The van der Waals surface area contributed by atoms with Crippen LogP contribution in [0.1, 0.15) is 15.9 Å². The van der Waals surface area contributed by atoms with Crippen LogP contribution in [-0.4, -0.2) is 10.9 Å². The quantitative estimate of drug-likeness (QED) is 0.742.